The van der Waals surface area contributed by atoms with Crippen molar-refractivity contribution in [3.05, 3.63) is 23.5 Å². The van der Waals surface area contributed by atoms with Gasteiger partial charge in [-0.15, -0.1) is 0 Å². The van der Waals surface area contributed by atoms with E-state index < -0.39 is 12.9 Å². The van der Waals surface area contributed by atoms with Crippen molar-refractivity contribution in [2.24, 2.45) is 0 Å². The standard InChI is InChI=1S/C7H9BFNO2/c1-4-2-5(8(11)12)6(9)3-7(4)10/h2-3,11-12H,10H2,1H3. The molecule has 1 rings (SSSR count). The third kappa shape index (κ3) is 1.57. The van der Waals surface area contributed by atoms with Crippen LogP contribution in [0.2, 0.25) is 0 Å². The summed E-state index contributed by atoms with van der Waals surface area (Å²) in [5.74, 6) is -0.701. The van der Waals surface area contributed by atoms with Gasteiger partial charge in [-0.25, -0.2) is 4.39 Å². The van der Waals surface area contributed by atoms with Gasteiger partial charge in [0.25, 0.3) is 0 Å². The summed E-state index contributed by atoms with van der Waals surface area (Å²) in [4.78, 5) is 0. The SMILES string of the molecule is Cc1cc(B(O)O)c(F)cc1N. The maximum Gasteiger partial charge on any atom is 0.491 e. The van der Waals surface area contributed by atoms with Crippen molar-refractivity contribution in [3.8, 4) is 0 Å². The van der Waals surface area contributed by atoms with Gasteiger partial charge in [-0.3, -0.25) is 0 Å². The minimum atomic E-state index is -1.79. The lowest BCUT2D eigenvalue weighted by Crippen LogP contribution is -2.33. The number of hydrogen-bond acceptors (Lipinski definition) is 3. The van der Waals surface area contributed by atoms with Gasteiger partial charge in [-0.05, 0) is 18.6 Å². The van der Waals surface area contributed by atoms with E-state index in [9.17, 15) is 4.39 Å². The summed E-state index contributed by atoms with van der Waals surface area (Å²) in [6.07, 6.45) is 0. The summed E-state index contributed by atoms with van der Waals surface area (Å²) in [5, 5.41) is 17.4. The maximum atomic E-state index is 12.9. The number of nitrogens with two attached hydrogens (primary N) is 1. The molecule has 5 heteroatoms. The Morgan fingerprint density at radius 2 is 2.00 bits per heavy atom. The van der Waals surface area contributed by atoms with Crippen molar-refractivity contribution in [2.75, 3.05) is 5.73 Å². The van der Waals surface area contributed by atoms with Crippen LogP contribution in [0.1, 0.15) is 5.56 Å². The zero-order chi connectivity index (χ0) is 9.30. The van der Waals surface area contributed by atoms with Crippen molar-refractivity contribution >= 4 is 18.3 Å². The van der Waals surface area contributed by atoms with Crippen LogP contribution < -0.4 is 11.2 Å². The molecule has 64 valence electrons. The normalized spacial score (nSPS) is 10.0. The maximum absolute atomic E-state index is 12.9. The second kappa shape index (κ2) is 3.12. The highest BCUT2D eigenvalue weighted by Crippen LogP contribution is 2.09. The number of anilines is 1. The Morgan fingerprint density at radius 1 is 1.42 bits per heavy atom. The summed E-state index contributed by atoms with van der Waals surface area (Å²) in [6, 6.07) is 2.39. The first kappa shape index (κ1) is 9.03. The molecule has 0 bridgehead atoms. The van der Waals surface area contributed by atoms with Gasteiger partial charge in [0.1, 0.15) is 5.82 Å². The highest BCUT2D eigenvalue weighted by Gasteiger charge is 2.17. The van der Waals surface area contributed by atoms with Crippen LogP contribution in [0, 0.1) is 12.7 Å². The number of nitrogen functional groups attached to an aromatic ring is 1. The second-order valence-corrected chi connectivity index (χ2v) is 2.60. The Bertz CT molecular complexity index is 304. The Kier molecular flexibility index (Phi) is 2.35. The fourth-order valence-corrected chi connectivity index (χ4v) is 0.917. The Labute approximate surface area is 69.8 Å². The Hall–Kier alpha value is -1.07. The molecule has 0 unspecified atom stereocenters. The van der Waals surface area contributed by atoms with Crippen LogP contribution in [0.5, 0.6) is 0 Å². The van der Waals surface area contributed by atoms with E-state index in [1.165, 1.54) is 6.07 Å². The lowest BCUT2D eigenvalue weighted by molar-refractivity contribution is 0.423. The van der Waals surface area contributed by atoms with Gasteiger partial charge in [0.2, 0.25) is 0 Å². The van der Waals surface area contributed by atoms with Gasteiger partial charge < -0.3 is 15.8 Å². The molecule has 0 fully saturated rings. The zero-order valence-electron chi connectivity index (χ0n) is 6.58. The molecular formula is C7H9BFNO2. The number of halogens is 1. The van der Waals surface area contributed by atoms with E-state index in [1.54, 1.807) is 6.92 Å². The van der Waals surface area contributed by atoms with E-state index in [0.29, 0.717) is 11.3 Å². The minimum Gasteiger partial charge on any atom is -0.423 e. The Morgan fingerprint density at radius 3 is 2.50 bits per heavy atom. The smallest absolute Gasteiger partial charge is 0.423 e. The molecule has 0 radical (unpaired) electrons. The monoisotopic (exact) mass is 169 g/mol. The molecule has 1 aromatic carbocycles. The molecule has 0 aliphatic carbocycles. The van der Waals surface area contributed by atoms with Crippen molar-refractivity contribution < 1.29 is 14.4 Å². The van der Waals surface area contributed by atoms with Crippen LogP contribution in [0.4, 0.5) is 10.1 Å². The summed E-state index contributed by atoms with van der Waals surface area (Å²) in [7, 11) is -1.79. The van der Waals surface area contributed by atoms with E-state index in [2.05, 4.69) is 0 Å². The first-order valence-electron chi connectivity index (χ1n) is 3.44. The van der Waals surface area contributed by atoms with Crippen molar-refractivity contribution in [1.29, 1.82) is 0 Å². The number of aryl methyl sites for hydroxylation is 1. The van der Waals surface area contributed by atoms with Gasteiger partial charge in [-0.1, -0.05) is 6.07 Å². The molecule has 0 aliphatic heterocycles. The third-order valence-corrected chi connectivity index (χ3v) is 1.66. The van der Waals surface area contributed by atoms with Gasteiger partial charge >= 0.3 is 7.12 Å². The van der Waals surface area contributed by atoms with Crippen LogP contribution in [-0.4, -0.2) is 17.2 Å². The average Bonchev–Trinajstić information content (AvgIpc) is 1.96. The summed E-state index contributed by atoms with van der Waals surface area (Å²) in [5.41, 5.74) is 6.16. The van der Waals surface area contributed by atoms with Crippen LogP contribution in [-0.2, 0) is 0 Å². The van der Waals surface area contributed by atoms with E-state index in [4.69, 9.17) is 15.8 Å². The lowest BCUT2D eigenvalue weighted by Gasteiger charge is -2.05. The average molecular weight is 169 g/mol. The first-order valence-corrected chi connectivity index (χ1v) is 3.44. The van der Waals surface area contributed by atoms with Crippen LogP contribution in [0.15, 0.2) is 12.1 Å². The molecule has 0 aliphatic rings. The highest BCUT2D eigenvalue weighted by molar-refractivity contribution is 6.58. The molecule has 0 saturated carbocycles. The quantitative estimate of drug-likeness (QED) is 0.388. The van der Waals surface area contributed by atoms with E-state index >= 15 is 0 Å². The van der Waals surface area contributed by atoms with Gasteiger partial charge in [0, 0.05) is 11.2 Å². The van der Waals surface area contributed by atoms with Crippen molar-refractivity contribution in [3.63, 3.8) is 0 Å². The highest BCUT2D eigenvalue weighted by atomic mass is 19.1. The van der Waals surface area contributed by atoms with E-state index in [-0.39, 0.29) is 5.46 Å². The predicted molar refractivity (Wildman–Crippen MR) is 45.4 cm³/mol. The number of rotatable bonds is 1. The summed E-state index contributed by atoms with van der Waals surface area (Å²) >= 11 is 0. The number of benzene rings is 1. The Balaban J connectivity index is 3.23. The van der Waals surface area contributed by atoms with E-state index in [1.807, 2.05) is 0 Å². The van der Waals surface area contributed by atoms with Crippen LogP contribution in [0.3, 0.4) is 0 Å². The molecule has 12 heavy (non-hydrogen) atoms. The largest absolute Gasteiger partial charge is 0.491 e. The third-order valence-electron chi connectivity index (χ3n) is 1.66. The summed E-state index contributed by atoms with van der Waals surface area (Å²) in [6.45, 7) is 1.67. The van der Waals surface area contributed by atoms with Crippen LogP contribution >= 0.6 is 0 Å². The molecule has 0 spiro atoms. The molecule has 3 nitrogen and oxygen atoms in total. The molecule has 0 aromatic heterocycles. The molecule has 0 heterocycles. The van der Waals surface area contributed by atoms with Gasteiger partial charge in [0.15, 0.2) is 0 Å². The molecule has 0 atom stereocenters. The minimum absolute atomic E-state index is 0.151. The molecule has 0 saturated heterocycles. The zero-order valence-corrected chi connectivity index (χ0v) is 6.58. The second-order valence-electron chi connectivity index (χ2n) is 2.60. The molecule has 1 aromatic rings. The molecule has 0 amide bonds. The number of hydrogen-bond donors (Lipinski definition) is 3. The molecule has 4 N–H and O–H groups in total. The topological polar surface area (TPSA) is 66.5 Å². The van der Waals surface area contributed by atoms with Crippen LogP contribution in [0.25, 0.3) is 0 Å². The fraction of sp³-hybridized carbons (Fsp3) is 0.143. The van der Waals surface area contributed by atoms with Crippen molar-refractivity contribution in [1.82, 2.24) is 0 Å². The first-order chi connectivity index (χ1) is 5.52. The van der Waals surface area contributed by atoms with Gasteiger partial charge in [-0.2, -0.15) is 0 Å². The fourth-order valence-electron chi connectivity index (χ4n) is 0.917. The molecular weight excluding hydrogens is 160 g/mol. The summed E-state index contributed by atoms with van der Waals surface area (Å²) < 4.78 is 12.9. The van der Waals surface area contributed by atoms with E-state index in [0.717, 1.165) is 6.07 Å². The van der Waals surface area contributed by atoms with Gasteiger partial charge in [0.05, 0.1) is 0 Å². The predicted octanol–water partition coefficient (Wildman–Crippen LogP) is -0.604. The lowest BCUT2D eigenvalue weighted by atomic mass is 9.79. The van der Waals surface area contributed by atoms with Crippen molar-refractivity contribution in [2.45, 2.75) is 6.92 Å².